The van der Waals surface area contributed by atoms with E-state index < -0.39 is 5.54 Å². The molecule has 156 valence electrons. The molecule has 0 unspecified atom stereocenters. The Kier molecular flexibility index (Phi) is 5.99. The highest BCUT2D eigenvalue weighted by atomic mass is 16.2. The van der Waals surface area contributed by atoms with Gasteiger partial charge in [0.15, 0.2) is 6.67 Å². The number of imide groups is 1. The normalized spacial score (nSPS) is 32.9. The fourth-order valence-electron chi connectivity index (χ4n) is 4.73. The number of benzene rings is 1. The van der Waals surface area contributed by atoms with Crippen LogP contribution in [0.2, 0.25) is 0 Å². The zero-order valence-electron chi connectivity index (χ0n) is 17.4. The quantitative estimate of drug-likeness (QED) is 0.399. The molecule has 3 fully saturated rings. The predicted octanol–water partition coefficient (Wildman–Crippen LogP) is -2.96. The summed E-state index contributed by atoms with van der Waals surface area (Å²) >= 11 is 0. The molecule has 7 nitrogen and oxygen atoms in total. The van der Waals surface area contributed by atoms with Gasteiger partial charge in [-0.3, -0.25) is 4.79 Å². The molecule has 0 aliphatic carbocycles. The van der Waals surface area contributed by atoms with E-state index in [-0.39, 0.29) is 11.9 Å². The molecule has 0 bridgehead atoms. The van der Waals surface area contributed by atoms with Gasteiger partial charge < -0.3 is 20.0 Å². The summed E-state index contributed by atoms with van der Waals surface area (Å²) in [5, 5.41) is 3.03. The highest BCUT2D eigenvalue weighted by Crippen LogP contribution is 2.25. The first-order chi connectivity index (χ1) is 14.1. The summed E-state index contributed by atoms with van der Waals surface area (Å²) in [6, 6.07) is 10.2. The number of hydrogen-bond acceptors (Lipinski definition) is 2. The van der Waals surface area contributed by atoms with Crippen LogP contribution in [0.1, 0.15) is 18.4 Å². The van der Waals surface area contributed by atoms with Crippen molar-refractivity contribution >= 4 is 18.0 Å². The van der Waals surface area contributed by atoms with Crippen LogP contribution in [0.3, 0.4) is 0 Å². The minimum Gasteiger partial charge on any atom is -0.337 e. The Bertz CT molecular complexity index is 750. The maximum absolute atomic E-state index is 13.0. The Labute approximate surface area is 172 Å². The van der Waals surface area contributed by atoms with Gasteiger partial charge in [0.25, 0.3) is 5.91 Å². The van der Waals surface area contributed by atoms with E-state index in [0.29, 0.717) is 6.67 Å². The maximum Gasteiger partial charge on any atom is 0.329 e. The Hall–Kier alpha value is -2.22. The average Bonchev–Trinajstić information content (AvgIpc) is 2.96. The molecule has 3 aliphatic rings. The molecule has 1 aromatic carbocycles. The Morgan fingerprint density at radius 1 is 1.00 bits per heavy atom. The van der Waals surface area contributed by atoms with E-state index in [9.17, 15) is 9.59 Å². The van der Waals surface area contributed by atoms with E-state index >= 15 is 0 Å². The molecule has 0 atom stereocenters. The molecule has 3 heterocycles. The maximum atomic E-state index is 13.0. The summed E-state index contributed by atoms with van der Waals surface area (Å²) in [5.41, 5.74) is 0.602. The number of quaternary nitrogens is 3. The lowest BCUT2D eigenvalue weighted by Crippen LogP contribution is -3.28. The average molecular weight is 401 g/mol. The highest BCUT2D eigenvalue weighted by molar-refractivity contribution is 6.06. The van der Waals surface area contributed by atoms with Gasteiger partial charge in [-0.2, -0.15) is 0 Å². The molecule has 3 saturated heterocycles. The number of piperazine rings is 1. The van der Waals surface area contributed by atoms with E-state index in [0.717, 1.165) is 58.7 Å². The molecule has 3 aliphatic heterocycles. The van der Waals surface area contributed by atoms with Crippen LogP contribution in [0.25, 0.3) is 6.08 Å². The van der Waals surface area contributed by atoms with E-state index in [1.165, 1.54) is 20.3 Å². The smallest absolute Gasteiger partial charge is 0.329 e. The minimum atomic E-state index is -0.634. The topological polar surface area (TPSA) is 62.7 Å². The van der Waals surface area contributed by atoms with Crippen molar-refractivity contribution in [3.8, 4) is 0 Å². The fourth-order valence-corrected chi connectivity index (χ4v) is 4.73. The van der Waals surface area contributed by atoms with Crippen LogP contribution < -0.4 is 20.0 Å². The standard InChI is InChI=1S/C22H31N5O2/c1-24-12-9-22(10-13-24)20(28)27(21(29)23-22)18-26-16-14-25(15-17-26)11-5-8-19-6-3-2-4-7-19/h2-8H,9-18H2,1H3,(H,23,29)/p+3/b8-5+. The van der Waals surface area contributed by atoms with Crippen molar-refractivity contribution in [2.24, 2.45) is 0 Å². The molecule has 0 saturated carbocycles. The molecule has 4 rings (SSSR count). The number of carbonyl (C=O) groups excluding carboxylic acids is 2. The largest absolute Gasteiger partial charge is 0.337 e. The van der Waals surface area contributed by atoms with Crippen LogP contribution >= 0.6 is 0 Å². The second-order valence-electron chi connectivity index (χ2n) is 8.88. The number of rotatable bonds is 5. The van der Waals surface area contributed by atoms with Crippen LogP contribution in [-0.4, -0.2) is 81.9 Å². The molecule has 7 heteroatoms. The van der Waals surface area contributed by atoms with Gasteiger partial charge in [0.05, 0.1) is 26.7 Å². The first-order valence-corrected chi connectivity index (χ1v) is 10.9. The van der Waals surface area contributed by atoms with Gasteiger partial charge in [-0.05, 0) is 11.6 Å². The Morgan fingerprint density at radius 2 is 1.66 bits per heavy atom. The van der Waals surface area contributed by atoms with Gasteiger partial charge in [-0.15, -0.1) is 0 Å². The molecule has 4 N–H and O–H groups in total. The first kappa shape index (κ1) is 20.1. The van der Waals surface area contributed by atoms with Crippen molar-refractivity contribution < 1.29 is 24.3 Å². The fraction of sp³-hybridized carbons (Fsp3) is 0.545. The summed E-state index contributed by atoms with van der Waals surface area (Å²) < 4.78 is 0. The third kappa shape index (κ3) is 4.52. The van der Waals surface area contributed by atoms with Gasteiger partial charge in [0, 0.05) is 12.8 Å². The third-order valence-corrected chi connectivity index (χ3v) is 6.77. The second-order valence-corrected chi connectivity index (χ2v) is 8.88. The monoisotopic (exact) mass is 400 g/mol. The van der Waals surface area contributed by atoms with E-state index in [1.54, 1.807) is 4.90 Å². The molecule has 3 amide bonds. The van der Waals surface area contributed by atoms with Crippen molar-refractivity contribution in [2.75, 3.05) is 59.5 Å². The first-order valence-electron chi connectivity index (χ1n) is 10.9. The van der Waals surface area contributed by atoms with Crippen LogP contribution in [-0.2, 0) is 4.79 Å². The van der Waals surface area contributed by atoms with E-state index in [4.69, 9.17) is 0 Å². The zero-order chi connectivity index (χ0) is 20.3. The summed E-state index contributed by atoms with van der Waals surface area (Å²) in [6.07, 6.45) is 5.93. The van der Waals surface area contributed by atoms with Gasteiger partial charge >= 0.3 is 6.03 Å². The molecular formula is C22H34N5O2+3. The van der Waals surface area contributed by atoms with Crippen LogP contribution in [0.4, 0.5) is 4.79 Å². The van der Waals surface area contributed by atoms with Crippen molar-refractivity contribution in [3.05, 3.63) is 42.0 Å². The van der Waals surface area contributed by atoms with E-state index in [1.807, 2.05) is 6.07 Å². The lowest BCUT2D eigenvalue weighted by Gasteiger charge is -2.33. The number of urea groups is 1. The predicted molar refractivity (Wildman–Crippen MR) is 111 cm³/mol. The lowest BCUT2D eigenvalue weighted by atomic mass is 9.88. The van der Waals surface area contributed by atoms with Gasteiger partial charge in [0.1, 0.15) is 31.7 Å². The van der Waals surface area contributed by atoms with E-state index in [2.05, 4.69) is 48.8 Å². The number of nitrogens with one attached hydrogen (secondary N) is 4. The minimum absolute atomic E-state index is 0.00284. The van der Waals surface area contributed by atoms with Crippen LogP contribution in [0, 0.1) is 0 Å². The number of piperidine rings is 1. The molecule has 1 spiro atoms. The number of hydrogen-bond donors (Lipinski definition) is 4. The SMILES string of the molecule is C[NH+]1CCC2(CC1)NC(=O)N(C[NH+]1CC[NH+](C/C=C/c3ccccc3)CC1)C2=O. The molecular weight excluding hydrogens is 366 g/mol. The number of nitrogens with zero attached hydrogens (tertiary/aromatic N) is 1. The van der Waals surface area contributed by atoms with Crippen molar-refractivity contribution in [1.82, 2.24) is 10.2 Å². The summed E-state index contributed by atoms with van der Waals surface area (Å²) in [4.78, 5) is 31.3. The summed E-state index contributed by atoms with van der Waals surface area (Å²) in [7, 11) is 2.15. The third-order valence-electron chi connectivity index (χ3n) is 6.77. The molecule has 0 radical (unpaired) electrons. The van der Waals surface area contributed by atoms with Gasteiger partial charge in [-0.1, -0.05) is 36.4 Å². The number of carbonyl (C=O) groups is 2. The zero-order valence-corrected chi connectivity index (χ0v) is 17.4. The van der Waals surface area contributed by atoms with Crippen molar-refractivity contribution in [3.63, 3.8) is 0 Å². The van der Waals surface area contributed by atoms with Crippen molar-refractivity contribution in [1.29, 1.82) is 0 Å². The van der Waals surface area contributed by atoms with Gasteiger partial charge in [-0.25, -0.2) is 9.69 Å². The van der Waals surface area contributed by atoms with Crippen molar-refractivity contribution in [2.45, 2.75) is 18.4 Å². The van der Waals surface area contributed by atoms with Gasteiger partial charge in [0.2, 0.25) is 0 Å². The number of likely N-dealkylation sites (tertiary alicyclic amines) is 1. The Morgan fingerprint density at radius 3 is 2.34 bits per heavy atom. The highest BCUT2D eigenvalue weighted by Gasteiger charge is 2.54. The summed E-state index contributed by atoms with van der Waals surface area (Å²) in [5.74, 6) is 0.00284. The number of amides is 3. The second kappa shape index (κ2) is 8.65. The van der Waals surface area contributed by atoms with Crippen LogP contribution in [0.5, 0.6) is 0 Å². The molecule has 1 aromatic rings. The summed E-state index contributed by atoms with van der Waals surface area (Å²) in [6.45, 7) is 7.51. The molecule has 29 heavy (non-hydrogen) atoms. The lowest BCUT2D eigenvalue weighted by molar-refractivity contribution is -1.01. The Balaban J connectivity index is 1.25. The molecule has 0 aromatic heterocycles. The van der Waals surface area contributed by atoms with Crippen LogP contribution in [0.15, 0.2) is 36.4 Å².